The van der Waals surface area contributed by atoms with E-state index in [-0.39, 0.29) is 5.97 Å². The summed E-state index contributed by atoms with van der Waals surface area (Å²) in [4.78, 5) is 16.9. The number of benzene rings is 4. The number of esters is 1. The Hall–Kier alpha value is -4.44. The number of pyridine rings is 1. The van der Waals surface area contributed by atoms with Gasteiger partial charge in [0.05, 0.1) is 11.3 Å². The average Bonchev–Trinajstić information content (AvgIpc) is 3.27. The van der Waals surface area contributed by atoms with Crippen molar-refractivity contribution in [1.82, 2.24) is 4.98 Å². The Balaban J connectivity index is 1.30. The zero-order chi connectivity index (χ0) is 22.9. The third-order valence-corrected chi connectivity index (χ3v) is 6.17. The minimum atomic E-state index is -0.275. The second kappa shape index (κ2) is 8.49. The third kappa shape index (κ3) is 3.69. The van der Waals surface area contributed by atoms with Crippen molar-refractivity contribution >= 4 is 16.7 Å². The van der Waals surface area contributed by atoms with Crippen LogP contribution in [0.15, 0.2) is 103 Å². The zero-order valence-electron chi connectivity index (χ0n) is 18.4. The molecule has 0 unspecified atom stereocenters. The van der Waals surface area contributed by atoms with Crippen LogP contribution in [0.3, 0.4) is 0 Å². The molecule has 6 rings (SSSR count). The molecule has 5 aromatic rings. The number of fused-ring (bicyclic) bond motifs is 2. The predicted octanol–water partition coefficient (Wildman–Crippen LogP) is 6.82. The maximum atomic E-state index is 12.4. The van der Waals surface area contributed by atoms with Crippen LogP contribution in [0.4, 0.5) is 0 Å². The van der Waals surface area contributed by atoms with Crippen LogP contribution in [-0.2, 0) is 18.0 Å². The first-order valence-electron chi connectivity index (χ1n) is 11.2. The van der Waals surface area contributed by atoms with Gasteiger partial charge in [-0.2, -0.15) is 0 Å². The van der Waals surface area contributed by atoms with Gasteiger partial charge in [0.15, 0.2) is 0 Å². The number of ether oxygens (including phenoxy) is 2. The van der Waals surface area contributed by atoms with Crippen molar-refractivity contribution in [2.75, 3.05) is 0 Å². The van der Waals surface area contributed by atoms with Crippen LogP contribution in [0.2, 0.25) is 0 Å². The molecule has 0 radical (unpaired) electrons. The molecule has 1 aliphatic heterocycles. The van der Waals surface area contributed by atoms with E-state index in [0.717, 1.165) is 50.0 Å². The van der Waals surface area contributed by atoms with Gasteiger partial charge in [-0.25, -0.2) is 4.79 Å². The summed E-state index contributed by atoms with van der Waals surface area (Å²) in [6.07, 6.45) is 1.87. The fraction of sp³-hybridized carbons (Fsp3) is 0.0667. The molecule has 0 saturated heterocycles. The van der Waals surface area contributed by atoms with Gasteiger partial charge in [-0.15, -0.1) is 0 Å². The maximum absolute atomic E-state index is 12.4. The molecule has 0 aliphatic carbocycles. The maximum Gasteiger partial charge on any atom is 0.338 e. The number of aromatic nitrogens is 1. The van der Waals surface area contributed by atoms with Crippen LogP contribution in [0.5, 0.6) is 5.75 Å². The summed E-state index contributed by atoms with van der Waals surface area (Å²) < 4.78 is 11.4. The van der Waals surface area contributed by atoms with E-state index >= 15 is 0 Å². The molecule has 1 aliphatic rings. The highest BCUT2D eigenvalue weighted by Gasteiger charge is 2.26. The van der Waals surface area contributed by atoms with Gasteiger partial charge in [0.25, 0.3) is 0 Å². The van der Waals surface area contributed by atoms with Crippen LogP contribution in [0.1, 0.15) is 21.6 Å². The van der Waals surface area contributed by atoms with Gasteiger partial charge in [0.2, 0.25) is 0 Å². The topological polar surface area (TPSA) is 48.4 Å². The number of carbonyl (C=O) groups excluding carboxylic acids is 1. The summed E-state index contributed by atoms with van der Waals surface area (Å²) in [6, 6.07) is 32.3. The van der Waals surface area contributed by atoms with E-state index in [4.69, 9.17) is 9.47 Å². The lowest BCUT2D eigenvalue weighted by atomic mass is 9.91. The molecule has 1 aromatic heterocycles. The normalized spacial score (nSPS) is 12.4. The molecule has 0 fully saturated rings. The second-order valence-corrected chi connectivity index (χ2v) is 8.30. The fourth-order valence-electron chi connectivity index (χ4n) is 4.47. The first-order chi connectivity index (χ1) is 16.8. The van der Waals surface area contributed by atoms with E-state index in [2.05, 4.69) is 41.4 Å². The molecule has 0 bridgehead atoms. The van der Waals surface area contributed by atoms with Gasteiger partial charge in [-0.3, -0.25) is 4.98 Å². The van der Waals surface area contributed by atoms with Crippen molar-refractivity contribution in [3.63, 3.8) is 0 Å². The van der Waals surface area contributed by atoms with Crippen LogP contribution in [0, 0.1) is 0 Å². The van der Waals surface area contributed by atoms with Crippen molar-refractivity contribution in [3.05, 3.63) is 120 Å². The smallest absolute Gasteiger partial charge is 0.338 e. The minimum Gasteiger partial charge on any atom is -0.487 e. The van der Waals surface area contributed by atoms with Gasteiger partial charge >= 0.3 is 5.97 Å². The Kier molecular flexibility index (Phi) is 5.04. The first kappa shape index (κ1) is 20.2. The van der Waals surface area contributed by atoms with Crippen LogP contribution in [-0.4, -0.2) is 11.0 Å². The van der Waals surface area contributed by atoms with Gasteiger partial charge < -0.3 is 9.47 Å². The Morgan fingerprint density at radius 1 is 0.794 bits per heavy atom. The van der Waals surface area contributed by atoms with E-state index in [1.165, 1.54) is 0 Å². The number of carbonyl (C=O) groups is 1. The Morgan fingerprint density at radius 3 is 2.29 bits per heavy atom. The van der Waals surface area contributed by atoms with Crippen molar-refractivity contribution < 1.29 is 14.3 Å². The molecule has 34 heavy (non-hydrogen) atoms. The summed E-state index contributed by atoms with van der Waals surface area (Å²) in [6.45, 7) is 0.663. The molecular formula is C30H21NO3. The molecule has 4 aromatic carbocycles. The summed E-state index contributed by atoms with van der Waals surface area (Å²) in [5.41, 5.74) is 6.74. The van der Waals surface area contributed by atoms with Crippen LogP contribution >= 0.6 is 0 Å². The monoisotopic (exact) mass is 443 g/mol. The van der Waals surface area contributed by atoms with Crippen molar-refractivity contribution in [2.45, 2.75) is 13.2 Å². The molecule has 0 N–H and O–H groups in total. The number of nitrogens with zero attached hydrogens (tertiary/aromatic N) is 1. The second-order valence-electron chi connectivity index (χ2n) is 8.30. The summed E-state index contributed by atoms with van der Waals surface area (Å²) in [5.74, 6) is 0.454. The highest BCUT2D eigenvalue weighted by molar-refractivity contribution is 6.07. The number of cyclic esters (lactones) is 1. The lowest BCUT2D eigenvalue weighted by molar-refractivity contribution is 0.0535. The van der Waals surface area contributed by atoms with Gasteiger partial charge in [0.1, 0.15) is 19.0 Å². The molecule has 0 amide bonds. The zero-order valence-corrected chi connectivity index (χ0v) is 18.4. The highest BCUT2D eigenvalue weighted by atomic mass is 16.5. The molecular weight excluding hydrogens is 422 g/mol. The molecule has 0 saturated carbocycles. The molecule has 0 spiro atoms. The largest absolute Gasteiger partial charge is 0.487 e. The van der Waals surface area contributed by atoms with Gasteiger partial charge in [-0.05, 0) is 51.7 Å². The molecule has 2 heterocycles. The van der Waals surface area contributed by atoms with E-state index in [1.807, 2.05) is 66.9 Å². The lowest BCUT2D eigenvalue weighted by Gasteiger charge is -2.13. The van der Waals surface area contributed by atoms with Crippen molar-refractivity contribution in [2.24, 2.45) is 0 Å². The molecule has 0 atom stereocenters. The molecule has 4 heteroatoms. The number of hydrogen-bond acceptors (Lipinski definition) is 4. The Bertz CT molecular complexity index is 1490. The number of hydrogen-bond donors (Lipinski definition) is 0. The standard InChI is InChI=1S/C30H21NO3/c32-30-27-16-23-15-25(33-18-24-12-11-22(17-31-24)20-7-3-1-4-8-20)13-14-26(23)29(28(27)19-34-30)21-9-5-2-6-10-21/h1-17H,18-19H2. The molecule has 164 valence electrons. The summed E-state index contributed by atoms with van der Waals surface area (Å²) in [7, 11) is 0. The number of rotatable bonds is 5. The van der Waals surface area contributed by atoms with Crippen molar-refractivity contribution in [1.29, 1.82) is 0 Å². The van der Waals surface area contributed by atoms with E-state index in [0.29, 0.717) is 18.8 Å². The quantitative estimate of drug-likeness (QED) is 0.280. The molecule has 4 nitrogen and oxygen atoms in total. The van der Waals surface area contributed by atoms with E-state index in [1.54, 1.807) is 0 Å². The van der Waals surface area contributed by atoms with E-state index < -0.39 is 0 Å². The summed E-state index contributed by atoms with van der Waals surface area (Å²) >= 11 is 0. The third-order valence-electron chi connectivity index (χ3n) is 6.17. The van der Waals surface area contributed by atoms with Crippen LogP contribution in [0.25, 0.3) is 33.0 Å². The Morgan fingerprint density at radius 2 is 1.56 bits per heavy atom. The highest BCUT2D eigenvalue weighted by Crippen LogP contribution is 2.39. The fourth-order valence-corrected chi connectivity index (χ4v) is 4.47. The van der Waals surface area contributed by atoms with Crippen molar-refractivity contribution in [3.8, 4) is 28.0 Å². The first-order valence-corrected chi connectivity index (χ1v) is 11.2. The SMILES string of the molecule is O=C1OCc2c1cc1cc(OCc3ccc(-c4ccccc4)cn3)ccc1c2-c1ccccc1. The van der Waals surface area contributed by atoms with Gasteiger partial charge in [-0.1, -0.05) is 72.8 Å². The van der Waals surface area contributed by atoms with Gasteiger partial charge in [0, 0.05) is 17.3 Å². The van der Waals surface area contributed by atoms with Crippen LogP contribution < -0.4 is 4.74 Å². The minimum absolute atomic E-state index is 0.275. The Labute approximate surface area is 197 Å². The summed E-state index contributed by atoms with van der Waals surface area (Å²) in [5, 5.41) is 2.02. The predicted molar refractivity (Wildman–Crippen MR) is 133 cm³/mol. The average molecular weight is 444 g/mol. The lowest BCUT2D eigenvalue weighted by Crippen LogP contribution is -1.99. The van der Waals surface area contributed by atoms with E-state index in [9.17, 15) is 4.79 Å².